The number of nitrogens with one attached hydrogen (secondary N) is 2. The van der Waals surface area contributed by atoms with Gasteiger partial charge in [-0.2, -0.15) is 0 Å². The Balaban J connectivity index is 0.00000338. The van der Waals surface area contributed by atoms with Gasteiger partial charge in [0.25, 0.3) is 0 Å². The van der Waals surface area contributed by atoms with Crippen LogP contribution in [0, 0.1) is 5.82 Å². The summed E-state index contributed by atoms with van der Waals surface area (Å²) in [6.45, 7) is 3.85. The van der Waals surface area contributed by atoms with E-state index in [1.165, 1.54) is 12.1 Å². The lowest BCUT2D eigenvalue weighted by molar-refractivity contribution is 0.625. The first-order chi connectivity index (χ1) is 12.2. The van der Waals surface area contributed by atoms with Gasteiger partial charge >= 0.3 is 0 Å². The van der Waals surface area contributed by atoms with Gasteiger partial charge in [-0.05, 0) is 43.2 Å². The van der Waals surface area contributed by atoms with Crippen LogP contribution in [0.25, 0.3) is 0 Å². The second-order valence-corrected chi connectivity index (χ2v) is 7.00. The first-order valence-electron chi connectivity index (χ1n) is 8.39. The molecule has 1 atom stereocenters. The summed E-state index contributed by atoms with van der Waals surface area (Å²) in [4.78, 5) is 5.28. The van der Waals surface area contributed by atoms with E-state index in [1.807, 2.05) is 43.3 Å². The highest BCUT2D eigenvalue weighted by atomic mass is 127. The van der Waals surface area contributed by atoms with E-state index in [0.29, 0.717) is 31.2 Å². The summed E-state index contributed by atoms with van der Waals surface area (Å²) in [6, 6.07) is 16.0. The van der Waals surface area contributed by atoms with E-state index in [1.54, 1.807) is 6.07 Å². The van der Waals surface area contributed by atoms with Crippen LogP contribution in [0.4, 0.5) is 4.39 Å². The Kier molecular flexibility index (Phi) is 11.1. The van der Waals surface area contributed by atoms with Crippen molar-refractivity contribution in [1.29, 1.82) is 0 Å². The van der Waals surface area contributed by atoms with Gasteiger partial charge in [0.2, 0.25) is 0 Å². The van der Waals surface area contributed by atoms with Crippen molar-refractivity contribution in [3.05, 3.63) is 66.0 Å². The normalized spacial score (nSPS) is 12.2. The van der Waals surface area contributed by atoms with Crippen LogP contribution in [0.3, 0.4) is 0 Å². The minimum absolute atomic E-state index is 0. The van der Waals surface area contributed by atoms with Crippen molar-refractivity contribution in [2.75, 3.05) is 25.4 Å². The fourth-order valence-electron chi connectivity index (χ4n) is 2.29. The number of guanidine groups is 1. The van der Waals surface area contributed by atoms with E-state index in [0.717, 1.165) is 17.0 Å². The van der Waals surface area contributed by atoms with Gasteiger partial charge in [-0.15, -0.1) is 24.0 Å². The number of nitrogens with zero attached hydrogens (tertiary/aromatic N) is 1. The van der Waals surface area contributed by atoms with Crippen LogP contribution in [0.15, 0.2) is 64.5 Å². The Morgan fingerprint density at radius 1 is 1.12 bits per heavy atom. The van der Waals surface area contributed by atoms with Crippen LogP contribution in [-0.4, -0.2) is 35.6 Å². The third-order valence-electron chi connectivity index (χ3n) is 3.49. The lowest BCUT2D eigenvalue weighted by atomic mass is 10.1. The average molecular weight is 489 g/mol. The van der Waals surface area contributed by atoms with Gasteiger partial charge in [0, 0.05) is 23.7 Å². The van der Waals surface area contributed by atoms with E-state index >= 15 is 0 Å². The Morgan fingerprint density at radius 3 is 2.58 bits per heavy atom. The van der Waals surface area contributed by atoms with Crippen molar-refractivity contribution >= 4 is 40.7 Å². The highest BCUT2D eigenvalue weighted by Gasteiger charge is 2.03. The molecule has 0 aliphatic heterocycles. The Bertz CT molecular complexity index is 713. The summed E-state index contributed by atoms with van der Waals surface area (Å²) < 4.78 is 25.4. The largest absolute Gasteiger partial charge is 0.357 e. The molecule has 0 heterocycles. The number of hydrogen-bond acceptors (Lipinski definition) is 2. The quantitative estimate of drug-likeness (QED) is 0.340. The van der Waals surface area contributed by atoms with E-state index in [9.17, 15) is 8.60 Å². The van der Waals surface area contributed by atoms with Crippen molar-refractivity contribution in [2.45, 2.75) is 18.2 Å². The van der Waals surface area contributed by atoms with Crippen molar-refractivity contribution < 1.29 is 8.60 Å². The second kappa shape index (κ2) is 12.8. The first kappa shape index (κ1) is 22.6. The van der Waals surface area contributed by atoms with E-state index in [4.69, 9.17) is 0 Å². The Labute approximate surface area is 174 Å². The van der Waals surface area contributed by atoms with Crippen LogP contribution in [-0.2, 0) is 17.2 Å². The molecular weight excluding hydrogens is 464 g/mol. The molecule has 0 fully saturated rings. The van der Waals surface area contributed by atoms with Gasteiger partial charge in [-0.1, -0.05) is 30.3 Å². The minimum atomic E-state index is -1.05. The molecule has 142 valence electrons. The van der Waals surface area contributed by atoms with Crippen LogP contribution in [0.2, 0.25) is 0 Å². The van der Waals surface area contributed by atoms with Crippen molar-refractivity contribution in [2.24, 2.45) is 4.99 Å². The summed E-state index contributed by atoms with van der Waals surface area (Å²) in [6.07, 6.45) is 0.706. The zero-order valence-electron chi connectivity index (χ0n) is 14.8. The first-order valence-corrected chi connectivity index (χ1v) is 9.71. The molecule has 0 aliphatic carbocycles. The Hall–Kier alpha value is -1.48. The number of hydrogen-bond donors (Lipinski definition) is 2. The summed E-state index contributed by atoms with van der Waals surface area (Å²) in [5.41, 5.74) is 0.938. The molecule has 26 heavy (non-hydrogen) atoms. The highest BCUT2D eigenvalue weighted by Crippen LogP contribution is 2.05. The van der Waals surface area contributed by atoms with Gasteiger partial charge in [0.15, 0.2) is 5.96 Å². The molecule has 0 spiro atoms. The zero-order chi connectivity index (χ0) is 17.9. The SMILES string of the molecule is CCNC(=NCCS(=O)c1ccccc1)NCCc1cccc(F)c1.I. The molecule has 2 aromatic carbocycles. The van der Waals surface area contributed by atoms with Gasteiger partial charge in [0.1, 0.15) is 5.82 Å². The number of aliphatic imine (C=N–C) groups is 1. The lowest BCUT2D eigenvalue weighted by Crippen LogP contribution is -2.38. The third-order valence-corrected chi connectivity index (χ3v) is 4.84. The molecule has 4 nitrogen and oxygen atoms in total. The molecule has 1 unspecified atom stereocenters. The van der Waals surface area contributed by atoms with E-state index in [-0.39, 0.29) is 29.8 Å². The van der Waals surface area contributed by atoms with Crippen LogP contribution in [0.5, 0.6) is 0 Å². The van der Waals surface area contributed by atoms with Gasteiger partial charge < -0.3 is 10.6 Å². The van der Waals surface area contributed by atoms with Crippen molar-refractivity contribution in [3.8, 4) is 0 Å². The summed E-state index contributed by atoms with van der Waals surface area (Å²) in [5.74, 6) is 0.940. The maximum atomic E-state index is 13.2. The molecular formula is C19H25FIN3OS. The highest BCUT2D eigenvalue weighted by molar-refractivity contribution is 14.0. The predicted molar refractivity (Wildman–Crippen MR) is 117 cm³/mol. The van der Waals surface area contributed by atoms with Gasteiger partial charge in [-0.25, -0.2) is 4.39 Å². The monoisotopic (exact) mass is 489 g/mol. The van der Waals surface area contributed by atoms with Crippen molar-refractivity contribution in [1.82, 2.24) is 10.6 Å². The molecule has 0 radical (unpaired) electrons. The number of benzene rings is 2. The molecule has 0 saturated carbocycles. The van der Waals surface area contributed by atoms with Gasteiger partial charge in [0.05, 0.1) is 17.3 Å². The van der Waals surface area contributed by atoms with E-state index in [2.05, 4.69) is 15.6 Å². The molecule has 0 amide bonds. The zero-order valence-corrected chi connectivity index (χ0v) is 17.9. The summed E-state index contributed by atoms with van der Waals surface area (Å²) in [5, 5.41) is 6.38. The molecule has 0 aliphatic rings. The smallest absolute Gasteiger partial charge is 0.191 e. The summed E-state index contributed by atoms with van der Waals surface area (Å²) >= 11 is 0. The van der Waals surface area contributed by atoms with Crippen LogP contribution >= 0.6 is 24.0 Å². The molecule has 2 rings (SSSR count). The second-order valence-electron chi connectivity index (χ2n) is 5.43. The van der Waals surface area contributed by atoms with Crippen molar-refractivity contribution in [3.63, 3.8) is 0 Å². The number of halogens is 2. The maximum absolute atomic E-state index is 13.2. The molecule has 2 aromatic rings. The maximum Gasteiger partial charge on any atom is 0.191 e. The standard InChI is InChI=1S/C19H24FN3OS.HI/c1-2-21-19(22-12-11-16-7-6-8-17(20)15-16)23-13-14-25(24)18-9-4-3-5-10-18;/h3-10,15H,2,11-14H2,1H3,(H2,21,22,23);1H. The molecule has 2 N–H and O–H groups in total. The third kappa shape index (κ3) is 8.27. The molecule has 0 bridgehead atoms. The minimum Gasteiger partial charge on any atom is -0.357 e. The fraction of sp³-hybridized carbons (Fsp3) is 0.316. The topological polar surface area (TPSA) is 53.5 Å². The number of rotatable bonds is 8. The fourth-order valence-corrected chi connectivity index (χ4v) is 3.24. The van der Waals surface area contributed by atoms with Crippen LogP contribution in [0.1, 0.15) is 12.5 Å². The Morgan fingerprint density at radius 2 is 1.88 bits per heavy atom. The van der Waals surface area contributed by atoms with E-state index < -0.39 is 10.8 Å². The summed E-state index contributed by atoms with van der Waals surface area (Å²) in [7, 11) is -1.05. The lowest BCUT2D eigenvalue weighted by Gasteiger charge is -2.11. The van der Waals surface area contributed by atoms with Gasteiger partial charge in [-0.3, -0.25) is 9.20 Å². The van der Waals surface area contributed by atoms with Crippen LogP contribution < -0.4 is 10.6 Å². The molecule has 0 aromatic heterocycles. The molecule has 7 heteroatoms. The molecule has 0 saturated heterocycles. The average Bonchev–Trinajstić information content (AvgIpc) is 2.62. The predicted octanol–water partition coefficient (Wildman–Crippen LogP) is 3.35.